The second-order valence-corrected chi connectivity index (χ2v) is 6.77. The molecule has 2 aromatic carbocycles. The van der Waals surface area contributed by atoms with Crippen LogP contribution in [0.1, 0.15) is 11.3 Å². The third-order valence-electron chi connectivity index (χ3n) is 4.80. The number of hydrogen-bond donors (Lipinski definition) is 2. The van der Waals surface area contributed by atoms with Crippen LogP contribution in [0.3, 0.4) is 0 Å². The molecule has 5 heteroatoms. The monoisotopic (exact) mass is 365 g/mol. The number of urea groups is 1. The standard InChI is InChI=1S/C22H27N3O2/c1-25(20(16-27-2)14-17-8-4-3-5-9-17)22(26)23-13-12-19-15-18-10-6-7-11-21(18)24-19/h3-11,15,20,24H,12-14,16H2,1-2H3,(H,23,26)/t20-/m1/s1. The van der Waals surface area contributed by atoms with Crippen LogP contribution < -0.4 is 5.32 Å². The fraction of sp³-hybridized carbons (Fsp3) is 0.318. The van der Waals surface area contributed by atoms with Gasteiger partial charge in [0.2, 0.25) is 0 Å². The molecule has 1 heterocycles. The summed E-state index contributed by atoms with van der Waals surface area (Å²) in [6.07, 6.45) is 1.53. The molecule has 0 saturated heterocycles. The summed E-state index contributed by atoms with van der Waals surface area (Å²) in [5.74, 6) is 0. The first-order chi connectivity index (χ1) is 13.2. The third-order valence-corrected chi connectivity index (χ3v) is 4.80. The maximum Gasteiger partial charge on any atom is 0.317 e. The van der Waals surface area contributed by atoms with E-state index < -0.39 is 0 Å². The molecule has 3 rings (SSSR count). The van der Waals surface area contributed by atoms with Crippen molar-refractivity contribution >= 4 is 16.9 Å². The number of amides is 2. The Bertz CT molecular complexity index is 827. The predicted octanol–water partition coefficient (Wildman–Crippen LogP) is 3.61. The highest BCUT2D eigenvalue weighted by Crippen LogP contribution is 2.14. The molecule has 0 unspecified atom stereocenters. The predicted molar refractivity (Wildman–Crippen MR) is 109 cm³/mol. The molecular weight excluding hydrogens is 338 g/mol. The Morgan fingerprint density at radius 3 is 2.63 bits per heavy atom. The lowest BCUT2D eigenvalue weighted by molar-refractivity contribution is 0.115. The average molecular weight is 365 g/mol. The zero-order valence-electron chi connectivity index (χ0n) is 15.9. The van der Waals surface area contributed by atoms with E-state index in [2.05, 4.69) is 40.6 Å². The molecule has 1 atom stereocenters. The van der Waals surface area contributed by atoms with Gasteiger partial charge in [-0.1, -0.05) is 48.5 Å². The Balaban J connectivity index is 1.53. The first kappa shape index (κ1) is 19.0. The number of methoxy groups -OCH3 is 1. The molecule has 0 spiro atoms. The van der Waals surface area contributed by atoms with Crippen molar-refractivity contribution in [2.24, 2.45) is 0 Å². The number of hydrogen-bond acceptors (Lipinski definition) is 2. The summed E-state index contributed by atoms with van der Waals surface area (Å²) in [5, 5.41) is 4.20. The van der Waals surface area contributed by atoms with Gasteiger partial charge in [-0.05, 0) is 29.5 Å². The second-order valence-electron chi connectivity index (χ2n) is 6.77. The number of nitrogens with zero attached hydrogens (tertiary/aromatic N) is 1. The number of H-pyrrole nitrogens is 1. The molecule has 2 N–H and O–H groups in total. The smallest absolute Gasteiger partial charge is 0.317 e. The topological polar surface area (TPSA) is 57.4 Å². The number of fused-ring (bicyclic) bond motifs is 1. The van der Waals surface area contributed by atoms with E-state index in [4.69, 9.17) is 4.74 Å². The van der Waals surface area contributed by atoms with E-state index in [1.807, 2.05) is 37.4 Å². The van der Waals surface area contributed by atoms with Crippen LogP contribution in [0.2, 0.25) is 0 Å². The van der Waals surface area contributed by atoms with Crippen LogP contribution in [0.25, 0.3) is 10.9 Å². The largest absolute Gasteiger partial charge is 0.383 e. The van der Waals surface area contributed by atoms with Crippen molar-refractivity contribution in [1.82, 2.24) is 15.2 Å². The molecule has 1 aromatic heterocycles. The van der Waals surface area contributed by atoms with Gasteiger partial charge in [-0.25, -0.2) is 4.79 Å². The molecule has 0 aliphatic rings. The van der Waals surface area contributed by atoms with E-state index in [0.29, 0.717) is 13.2 Å². The van der Waals surface area contributed by atoms with Gasteiger partial charge < -0.3 is 19.9 Å². The molecule has 0 aliphatic heterocycles. The van der Waals surface area contributed by atoms with Crippen molar-refractivity contribution in [3.8, 4) is 0 Å². The average Bonchev–Trinajstić information content (AvgIpc) is 3.10. The first-order valence-corrected chi connectivity index (χ1v) is 9.27. The van der Waals surface area contributed by atoms with Crippen molar-refractivity contribution in [2.75, 3.05) is 27.3 Å². The normalized spacial score (nSPS) is 12.1. The number of nitrogens with one attached hydrogen (secondary N) is 2. The summed E-state index contributed by atoms with van der Waals surface area (Å²) < 4.78 is 5.33. The number of para-hydroxylation sites is 1. The summed E-state index contributed by atoms with van der Waals surface area (Å²) >= 11 is 0. The fourth-order valence-electron chi connectivity index (χ4n) is 3.25. The van der Waals surface area contributed by atoms with Crippen molar-refractivity contribution in [2.45, 2.75) is 18.9 Å². The maximum absolute atomic E-state index is 12.6. The number of ether oxygens (including phenoxy) is 1. The van der Waals surface area contributed by atoms with Gasteiger partial charge in [0.05, 0.1) is 12.6 Å². The molecule has 0 aliphatic carbocycles. The molecule has 0 saturated carbocycles. The summed E-state index contributed by atoms with van der Waals surface area (Å²) in [6.45, 7) is 1.09. The Hall–Kier alpha value is -2.79. The molecular formula is C22H27N3O2. The molecule has 0 fully saturated rings. The number of likely N-dealkylation sites (N-methyl/N-ethyl adjacent to an activating group) is 1. The van der Waals surface area contributed by atoms with Crippen LogP contribution >= 0.6 is 0 Å². The third kappa shape index (κ3) is 5.11. The van der Waals surface area contributed by atoms with E-state index in [0.717, 1.165) is 24.1 Å². The highest BCUT2D eigenvalue weighted by Gasteiger charge is 2.20. The zero-order chi connectivity index (χ0) is 19.1. The fourth-order valence-corrected chi connectivity index (χ4v) is 3.25. The maximum atomic E-state index is 12.6. The Morgan fingerprint density at radius 2 is 1.89 bits per heavy atom. The lowest BCUT2D eigenvalue weighted by atomic mass is 10.1. The lowest BCUT2D eigenvalue weighted by Gasteiger charge is -2.28. The number of rotatable bonds is 8. The Kier molecular flexibility index (Phi) is 6.49. The van der Waals surface area contributed by atoms with Gasteiger partial charge >= 0.3 is 6.03 Å². The van der Waals surface area contributed by atoms with Gasteiger partial charge in [-0.15, -0.1) is 0 Å². The summed E-state index contributed by atoms with van der Waals surface area (Å²) in [7, 11) is 3.49. The van der Waals surface area contributed by atoms with Crippen molar-refractivity contribution < 1.29 is 9.53 Å². The first-order valence-electron chi connectivity index (χ1n) is 9.27. The molecule has 0 radical (unpaired) electrons. The van der Waals surface area contributed by atoms with Crippen molar-refractivity contribution in [3.05, 3.63) is 71.9 Å². The minimum Gasteiger partial charge on any atom is -0.383 e. The van der Waals surface area contributed by atoms with Gasteiger partial charge in [-0.3, -0.25) is 0 Å². The minimum absolute atomic E-state index is 0.00882. The number of carbonyl (C=O) groups is 1. The highest BCUT2D eigenvalue weighted by atomic mass is 16.5. The molecule has 142 valence electrons. The molecule has 5 nitrogen and oxygen atoms in total. The lowest BCUT2D eigenvalue weighted by Crippen LogP contribution is -2.47. The minimum atomic E-state index is -0.0795. The van der Waals surface area contributed by atoms with Gasteiger partial charge in [0.25, 0.3) is 0 Å². The van der Waals surface area contributed by atoms with E-state index in [1.165, 1.54) is 10.9 Å². The van der Waals surface area contributed by atoms with Crippen LogP contribution in [0.4, 0.5) is 4.79 Å². The van der Waals surface area contributed by atoms with E-state index in [-0.39, 0.29) is 12.1 Å². The zero-order valence-corrected chi connectivity index (χ0v) is 15.9. The van der Waals surface area contributed by atoms with Crippen molar-refractivity contribution in [3.63, 3.8) is 0 Å². The SMILES string of the molecule is COC[C@@H](Cc1ccccc1)N(C)C(=O)NCCc1cc2ccccc2[nH]1. The van der Waals surface area contributed by atoms with E-state index in [1.54, 1.807) is 12.0 Å². The van der Waals surface area contributed by atoms with Gasteiger partial charge in [0.15, 0.2) is 0 Å². The summed E-state index contributed by atoms with van der Waals surface area (Å²) in [4.78, 5) is 17.7. The van der Waals surface area contributed by atoms with Crippen LogP contribution in [0.5, 0.6) is 0 Å². The Labute approximate surface area is 160 Å². The Morgan fingerprint density at radius 1 is 1.15 bits per heavy atom. The molecule has 27 heavy (non-hydrogen) atoms. The van der Waals surface area contributed by atoms with Gasteiger partial charge in [0.1, 0.15) is 0 Å². The molecule has 2 amide bonds. The number of benzene rings is 2. The number of aromatic nitrogens is 1. The number of aromatic amines is 1. The molecule has 3 aromatic rings. The summed E-state index contributed by atoms with van der Waals surface area (Å²) in [5.41, 5.74) is 3.44. The van der Waals surface area contributed by atoms with Crippen LogP contribution in [-0.2, 0) is 17.6 Å². The van der Waals surface area contributed by atoms with E-state index >= 15 is 0 Å². The van der Waals surface area contributed by atoms with Gasteiger partial charge in [-0.2, -0.15) is 0 Å². The van der Waals surface area contributed by atoms with E-state index in [9.17, 15) is 4.79 Å². The van der Waals surface area contributed by atoms with Crippen LogP contribution in [0.15, 0.2) is 60.7 Å². The number of carbonyl (C=O) groups excluding carboxylic acids is 1. The highest BCUT2D eigenvalue weighted by molar-refractivity contribution is 5.80. The van der Waals surface area contributed by atoms with Crippen molar-refractivity contribution in [1.29, 1.82) is 0 Å². The quantitative estimate of drug-likeness (QED) is 0.641. The van der Waals surface area contributed by atoms with Crippen LogP contribution in [-0.4, -0.2) is 49.3 Å². The molecule has 0 bridgehead atoms. The summed E-state index contributed by atoms with van der Waals surface area (Å²) in [6, 6.07) is 20.4. The van der Waals surface area contributed by atoms with Gasteiger partial charge in [0, 0.05) is 38.3 Å². The second kappa shape index (κ2) is 9.24. The van der Waals surface area contributed by atoms with Crippen LogP contribution in [0, 0.1) is 0 Å².